The van der Waals surface area contributed by atoms with Gasteiger partial charge in [-0.2, -0.15) is 0 Å². The van der Waals surface area contributed by atoms with Gasteiger partial charge in [-0.15, -0.1) is 0 Å². The Kier molecular flexibility index (Phi) is 5.83. The van der Waals surface area contributed by atoms with Gasteiger partial charge in [0.05, 0.1) is 0 Å². The number of ether oxygens (including phenoxy) is 1. The fraction of sp³-hybridized carbons (Fsp3) is 0.400. The molecule has 0 radical (unpaired) electrons. The van der Waals surface area contributed by atoms with Crippen LogP contribution in [-0.2, 0) is 6.42 Å². The van der Waals surface area contributed by atoms with Crippen LogP contribution in [0.2, 0.25) is 0 Å². The minimum atomic E-state index is -0.247. The van der Waals surface area contributed by atoms with Crippen LogP contribution in [0.1, 0.15) is 12.0 Å². The number of aryl methyl sites for hydroxylation is 1. The predicted octanol–water partition coefficient (Wildman–Crippen LogP) is 3.80. The Morgan fingerprint density at radius 2 is 1.67 bits per heavy atom. The molecular formula is C20H25FN2O. The van der Waals surface area contributed by atoms with Crippen molar-refractivity contribution in [1.29, 1.82) is 0 Å². The lowest BCUT2D eigenvalue weighted by Gasteiger charge is -2.32. The first-order chi connectivity index (χ1) is 11.7. The van der Waals surface area contributed by atoms with Crippen LogP contribution in [0.5, 0.6) is 11.5 Å². The minimum absolute atomic E-state index is 0.247. The van der Waals surface area contributed by atoms with E-state index in [1.165, 1.54) is 17.7 Å². The quantitative estimate of drug-likeness (QED) is 0.802. The molecule has 1 aliphatic rings. The first-order valence-corrected chi connectivity index (χ1v) is 8.63. The van der Waals surface area contributed by atoms with Crippen molar-refractivity contribution in [2.75, 3.05) is 39.8 Å². The van der Waals surface area contributed by atoms with E-state index in [1.54, 1.807) is 12.1 Å². The maximum atomic E-state index is 13.0. The number of benzene rings is 2. The molecule has 3 nitrogen and oxygen atoms in total. The topological polar surface area (TPSA) is 15.7 Å². The Bertz CT molecular complexity index is 636. The van der Waals surface area contributed by atoms with Gasteiger partial charge in [-0.05, 0) is 62.3 Å². The monoisotopic (exact) mass is 328 g/mol. The van der Waals surface area contributed by atoms with Crippen molar-refractivity contribution in [3.63, 3.8) is 0 Å². The van der Waals surface area contributed by atoms with Gasteiger partial charge < -0.3 is 14.5 Å². The lowest BCUT2D eigenvalue weighted by atomic mass is 10.1. The highest BCUT2D eigenvalue weighted by atomic mass is 19.1. The van der Waals surface area contributed by atoms with Crippen LogP contribution in [0.3, 0.4) is 0 Å². The van der Waals surface area contributed by atoms with Crippen LogP contribution in [0.15, 0.2) is 48.5 Å². The summed E-state index contributed by atoms with van der Waals surface area (Å²) < 4.78 is 18.9. The number of halogens is 1. The van der Waals surface area contributed by atoms with Crippen molar-refractivity contribution in [2.45, 2.75) is 12.8 Å². The number of para-hydroxylation sites is 1. The van der Waals surface area contributed by atoms with Crippen LogP contribution in [0.25, 0.3) is 0 Å². The Morgan fingerprint density at radius 3 is 2.42 bits per heavy atom. The second kappa shape index (κ2) is 8.27. The van der Waals surface area contributed by atoms with E-state index >= 15 is 0 Å². The third kappa shape index (κ3) is 4.79. The van der Waals surface area contributed by atoms with E-state index in [9.17, 15) is 4.39 Å². The lowest BCUT2D eigenvalue weighted by molar-refractivity contribution is 0.153. The summed E-state index contributed by atoms with van der Waals surface area (Å²) in [5, 5.41) is 0. The molecule has 0 amide bonds. The molecule has 1 saturated heterocycles. The van der Waals surface area contributed by atoms with Crippen molar-refractivity contribution in [1.82, 2.24) is 9.80 Å². The molecular weight excluding hydrogens is 303 g/mol. The van der Waals surface area contributed by atoms with Crippen LogP contribution >= 0.6 is 0 Å². The van der Waals surface area contributed by atoms with Crippen molar-refractivity contribution >= 4 is 0 Å². The van der Waals surface area contributed by atoms with E-state index in [0.717, 1.165) is 51.3 Å². The summed E-state index contributed by atoms with van der Waals surface area (Å²) in [5.41, 5.74) is 1.20. The van der Waals surface area contributed by atoms with Crippen LogP contribution in [-0.4, -0.2) is 49.6 Å². The third-order valence-electron chi connectivity index (χ3n) is 4.53. The average Bonchev–Trinajstić information content (AvgIpc) is 2.60. The molecule has 0 saturated carbocycles. The number of rotatable bonds is 6. The second-order valence-electron chi connectivity index (χ2n) is 6.41. The zero-order chi connectivity index (χ0) is 16.8. The molecule has 128 valence electrons. The number of likely N-dealkylation sites (N-methyl/N-ethyl adjacent to an activating group) is 1. The molecule has 2 aromatic rings. The molecule has 0 N–H and O–H groups in total. The van der Waals surface area contributed by atoms with E-state index < -0.39 is 0 Å². The number of nitrogens with zero attached hydrogens (tertiary/aromatic N) is 2. The van der Waals surface area contributed by atoms with Crippen LogP contribution < -0.4 is 4.74 Å². The highest BCUT2D eigenvalue weighted by molar-refractivity contribution is 5.37. The molecule has 2 aromatic carbocycles. The van der Waals surface area contributed by atoms with Crippen molar-refractivity contribution in [3.8, 4) is 11.5 Å². The summed E-state index contributed by atoms with van der Waals surface area (Å²) in [6, 6.07) is 14.3. The summed E-state index contributed by atoms with van der Waals surface area (Å²) in [5.74, 6) is 1.29. The molecule has 0 aliphatic carbocycles. The second-order valence-corrected chi connectivity index (χ2v) is 6.41. The highest BCUT2D eigenvalue weighted by Gasteiger charge is 2.13. The normalized spacial score (nSPS) is 16.2. The lowest BCUT2D eigenvalue weighted by Crippen LogP contribution is -2.44. The average molecular weight is 328 g/mol. The van der Waals surface area contributed by atoms with Crippen LogP contribution in [0.4, 0.5) is 4.39 Å². The Labute approximate surface area is 143 Å². The van der Waals surface area contributed by atoms with Crippen molar-refractivity contribution < 1.29 is 9.13 Å². The summed E-state index contributed by atoms with van der Waals surface area (Å²) in [7, 11) is 2.18. The predicted molar refractivity (Wildman–Crippen MR) is 95.2 cm³/mol. The van der Waals surface area contributed by atoms with E-state index in [0.29, 0.717) is 5.75 Å². The SMILES string of the molecule is CN1CCN(CCCc2ccccc2Oc2ccc(F)cc2)CC1. The maximum absolute atomic E-state index is 13.0. The molecule has 0 unspecified atom stereocenters. The van der Waals surface area contributed by atoms with Gasteiger partial charge in [0, 0.05) is 26.2 Å². The van der Waals surface area contributed by atoms with Gasteiger partial charge >= 0.3 is 0 Å². The molecule has 4 heteroatoms. The zero-order valence-electron chi connectivity index (χ0n) is 14.2. The first-order valence-electron chi connectivity index (χ1n) is 8.63. The smallest absolute Gasteiger partial charge is 0.130 e. The Balaban J connectivity index is 1.55. The molecule has 24 heavy (non-hydrogen) atoms. The van der Waals surface area contributed by atoms with E-state index in [1.807, 2.05) is 18.2 Å². The van der Waals surface area contributed by atoms with Gasteiger partial charge in [-0.1, -0.05) is 18.2 Å². The van der Waals surface area contributed by atoms with E-state index in [-0.39, 0.29) is 5.82 Å². The van der Waals surface area contributed by atoms with Crippen LogP contribution in [0, 0.1) is 5.82 Å². The molecule has 3 rings (SSSR count). The number of hydrogen-bond acceptors (Lipinski definition) is 3. The highest BCUT2D eigenvalue weighted by Crippen LogP contribution is 2.26. The minimum Gasteiger partial charge on any atom is -0.457 e. The molecule has 0 aromatic heterocycles. The maximum Gasteiger partial charge on any atom is 0.130 e. The Hall–Kier alpha value is -1.91. The van der Waals surface area contributed by atoms with Gasteiger partial charge in [0.1, 0.15) is 17.3 Å². The molecule has 0 spiro atoms. The van der Waals surface area contributed by atoms with Gasteiger partial charge in [0.2, 0.25) is 0 Å². The van der Waals surface area contributed by atoms with Gasteiger partial charge in [-0.3, -0.25) is 0 Å². The van der Waals surface area contributed by atoms with Gasteiger partial charge in [-0.25, -0.2) is 4.39 Å². The molecule has 0 atom stereocenters. The Morgan fingerprint density at radius 1 is 0.958 bits per heavy atom. The molecule has 1 fully saturated rings. The summed E-state index contributed by atoms with van der Waals surface area (Å²) in [6.45, 7) is 5.75. The molecule has 1 aliphatic heterocycles. The zero-order valence-corrected chi connectivity index (χ0v) is 14.2. The van der Waals surface area contributed by atoms with Gasteiger partial charge in [0.25, 0.3) is 0 Å². The first kappa shape index (κ1) is 16.9. The standard InChI is InChI=1S/C20H25FN2O/c1-22-13-15-23(16-14-22)12-4-6-17-5-2-3-7-20(17)24-19-10-8-18(21)9-11-19/h2-3,5,7-11H,4,6,12-16H2,1H3. The fourth-order valence-corrected chi connectivity index (χ4v) is 3.00. The largest absolute Gasteiger partial charge is 0.457 e. The molecule has 1 heterocycles. The third-order valence-corrected chi connectivity index (χ3v) is 4.53. The molecule has 0 bridgehead atoms. The fourth-order valence-electron chi connectivity index (χ4n) is 3.00. The summed E-state index contributed by atoms with van der Waals surface area (Å²) >= 11 is 0. The summed E-state index contributed by atoms with van der Waals surface area (Å²) in [6.07, 6.45) is 2.11. The number of hydrogen-bond donors (Lipinski definition) is 0. The van der Waals surface area contributed by atoms with E-state index in [2.05, 4.69) is 22.9 Å². The van der Waals surface area contributed by atoms with Crippen molar-refractivity contribution in [3.05, 3.63) is 59.9 Å². The van der Waals surface area contributed by atoms with Crippen molar-refractivity contribution in [2.24, 2.45) is 0 Å². The van der Waals surface area contributed by atoms with E-state index in [4.69, 9.17) is 4.74 Å². The number of piperazine rings is 1. The summed E-state index contributed by atoms with van der Waals surface area (Å²) in [4.78, 5) is 4.91. The van der Waals surface area contributed by atoms with Gasteiger partial charge in [0.15, 0.2) is 0 Å².